The summed E-state index contributed by atoms with van der Waals surface area (Å²) in [4.78, 5) is 34.9. The first-order chi connectivity index (χ1) is 17.6. The number of benzene rings is 2. The van der Waals surface area contributed by atoms with E-state index >= 15 is 0 Å². The van der Waals surface area contributed by atoms with Gasteiger partial charge in [-0.1, -0.05) is 49.6 Å². The Bertz CT molecular complexity index is 1410. The minimum Gasteiger partial charge on any atom is -0.352 e. The van der Waals surface area contributed by atoms with E-state index in [2.05, 4.69) is 20.6 Å². The van der Waals surface area contributed by atoms with E-state index in [1.165, 1.54) is 38.2 Å². The molecule has 2 N–H and O–H groups in total. The van der Waals surface area contributed by atoms with Crippen molar-refractivity contribution in [1.82, 2.24) is 19.9 Å². The molecular formula is C29H31N5O2. The van der Waals surface area contributed by atoms with Crippen molar-refractivity contribution in [2.24, 2.45) is 5.92 Å². The zero-order chi connectivity index (χ0) is 24.9. The largest absolute Gasteiger partial charge is 0.352 e. The maximum absolute atomic E-state index is 12.9. The summed E-state index contributed by atoms with van der Waals surface area (Å²) >= 11 is 0. The number of carbonyl (C=O) groups is 1. The van der Waals surface area contributed by atoms with Crippen LogP contribution in [0.3, 0.4) is 0 Å². The van der Waals surface area contributed by atoms with Crippen LogP contribution in [0.4, 0.5) is 5.95 Å². The molecule has 2 aromatic heterocycles. The van der Waals surface area contributed by atoms with Crippen LogP contribution in [-0.2, 0) is 6.54 Å². The molecule has 1 fully saturated rings. The van der Waals surface area contributed by atoms with Gasteiger partial charge in [-0.3, -0.25) is 14.2 Å². The van der Waals surface area contributed by atoms with Crippen molar-refractivity contribution in [3.63, 3.8) is 0 Å². The summed E-state index contributed by atoms with van der Waals surface area (Å²) in [7, 11) is 0. The van der Waals surface area contributed by atoms with Crippen LogP contribution < -0.4 is 16.2 Å². The van der Waals surface area contributed by atoms with Crippen LogP contribution in [0.15, 0.2) is 71.5 Å². The van der Waals surface area contributed by atoms with Gasteiger partial charge in [0.1, 0.15) is 0 Å². The molecule has 0 atom stereocenters. The van der Waals surface area contributed by atoms with Crippen LogP contribution >= 0.6 is 0 Å². The van der Waals surface area contributed by atoms with E-state index < -0.39 is 0 Å². The summed E-state index contributed by atoms with van der Waals surface area (Å²) in [6, 6.07) is 20.4. The minimum absolute atomic E-state index is 0.0806. The topological polar surface area (TPSA) is 88.9 Å². The van der Waals surface area contributed by atoms with E-state index in [9.17, 15) is 9.59 Å². The van der Waals surface area contributed by atoms with E-state index in [0.29, 0.717) is 35.3 Å². The third kappa shape index (κ3) is 5.30. The molecule has 1 amide bonds. The fourth-order valence-corrected chi connectivity index (χ4v) is 4.86. The van der Waals surface area contributed by atoms with Gasteiger partial charge in [0, 0.05) is 30.1 Å². The Morgan fingerprint density at radius 3 is 2.44 bits per heavy atom. The van der Waals surface area contributed by atoms with Crippen LogP contribution in [0, 0.1) is 12.8 Å². The van der Waals surface area contributed by atoms with Gasteiger partial charge < -0.3 is 10.6 Å². The number of hydrogen-bond acceptors (Lipinski definition) is 5. The molecule has 0 radical (unpaired) electrons. The highest BCUT2D eigenvalue weighted by Crippen LogP contribution is 2.23. The zero-order valence-corrected chi connectivity index (χ0v) is 20.5. The maximum Gasteiger partial charge on any atom is 0.256 e. The highest BCUT2D eigenvalue weighted by Gasteiger charge is 2.16. The predicted octanol–water partition coefficient (Wildman–Crippen LogP) is 5.01. The van der Waals surface area contributed by atoms with Gasteiger partial charge in [0.2, 0.25) is 5.95 Å². The average molecular weight is 482 g/mol. The smallest absolute Gasteiger partial charge is 0.256 e. The number of pyridine rings is 1. The molecule has 4 aromatic rings. The first kappa shape index (κ1) is 23.7. The summed E-state index contributed by atoms with van der Waals surface area (Å²) in [6.07, 6.45) is 6.18. The number of amides is 1. The molecule has 2 heterocycles. The van der Waals surface area contributed by atoms with Gasteiger partial charge >= 0.3 is 0 Å². The minimum atomic E-state index is -0.191. The molecular weight excluding hydrogens is 450 g/mol. The second-order valence-corrected chi connectivity index (χ2v) is 9.48. The molecule has 5 rings (SSSR count). The number of carbonyl (C=O) groups excluding carboxylic acids is 1. The van der Waals surface area contributed by atoms with Gasteiger partial charge in [-0.25, -0.2) is 4.98 Å². The van der Waals surface area contributed by atoms with Crippen molar-refractivity contribution in [1.29, 1.82) is 0 Å². The molecule has 0 unspecified atom stereocenters. The number of rotatable bonds is 7. The third-order valence-corrected chi connectivity index (χ3v) is 6.90. The molecule has 0 aliphatic heterocycles. The van der Waals surface area contributed by atoms with Crippen molar-refractivity contribution < 1.29 is 4.79 Å². The molecule has 1 aliphatic rings. The summed E-state index contributed by atoms with van der Waals surface area (Å²) in [6.45, 7) is 3.21. The van der Waals surface area contributed by atoms with Crippen molar-refractivity contribution >= 4 is 22.9 Å². The van der Waals surface area contributed by atoms with Crippen molar-refractivity contribution in [2.45, 2.75) is 45.6 Å². The monoisotopic (exact) mass is 481 g/mol. The lowest BCUT2D eigenvalue weighted by Gasteiger charge is -2.21. The van der Waals surface area contributed by atoms with Gasteiger partial charge in [-0.15, -0.1) is 0 Å². The van der Waals surface area contributed by atoms with E-state index in [-0.39, 0.29) is 11.5 Å². The van der Waals surface area contributed by atoms with Gasteiger partial charge in [0.05, 0.1) is 11.4 Å². The van der Waals surface area contributed by atoms with Crippen molar-refractivity contribution in [3.05, 3.63) is 93.9 Å². The predicted molar refractivity (Wildman–Crippen MR) is 143 cm³/mol. The van der Waals surface area contributed by atoms with E-state index in [1.54, 1.807) is 34.9 Å². The molecule has 0 spiro atoms. The summed E-state index contributed by atoms with van der Waals surface area (Å²) < 4.78 is 1.57. The SMILES string of the molecule is Cc1nc(NCc2ccccc2)nc2c1ccc(=O)n2-c1ccc(C(=O)NCC2CCCCC2)cc1. The number of nitrogens with zero attached hydrogens (tertiary/aromatic N) is 3. The maximum atomic E-state index is 12.9. The third-order valence-electron chi connectivity index (χ3n) is 6.90. The lowest BCUT2D eigenvalue weighted by molar-refractivity contribution is 0.0943. The molecule has 0 saturated heterocycles. The molecule has 1 aliphatic carbocycles. The second kappa shape index (κ2) is 10.7. The van der Waals surface area contributed by atoms with Crippen LogP contribution in [0.5, 0.6) is 0 Å². The molecule has 184 valence electrons. The van der Waals surface area contributed by atoms with Crippen molar-refractivity contribution in [3.8, 4) is 5.69 Å². The Labute approximate surface area is 210 Å². The fourth-order valence-electron chi connectivity index (χ4n) is 4.86. The highest BCUT2D eigenvalue weighted by molar-refractivity contribution is 5.94. The van der Waals surface area contributed by atoms with Gasteiger partial charge in [0.25, 0.3) is 11.5 Å². The van der Waals surface area contributed by atoms with E-state index in [4.69, 9.17) is 0 Å². The molecule has 2 aromatic carbocycles. The Kier molecular flexibility index (Phi) is 7.07. The van der Waals surface area contributed by atoms with E-state index in [1.807, 2.05) is 37.3 Å². The summed E-state index contributed by atoms with van der Waals surface area (Å²) in [5, 5.41) is 7.14. The molecule has 36 heavy (non-hydrogen) atoms. The Hall–Kier alpha value is -4.00. The van der Waals surface area contributed by atoms with Gasteiger partial charge in [-0.05, 0) is 61.6 Å². The fraction of sp³-hybridized carbons (Fsp3) is 0.310. The summed E-state index contributed by atoms with van der Waals surface area (Å²) in [5.74, 6) is 0.953. The lowest BCUT2D eigenvalue weighted by Crippen LogP contribution is -2.30. The van der Waals surface area contributed by atoms with Gasteiger partial charge in [0.15, 0.2) is 5.65 Å². The van der Waals surface area contributed by atoms with Gasteiger partial charge in [-0.2, -0.15) is 4.98 Å². The Morgan fingerprint density at radius 2 is 1.69 bits per heavy atom. The number of anilines is 1. The molecule has 0 bridgehead atoms. The molecule has 7 nitrogen and oxygen atoms in total. The highest BCUT2D eigenvalue weighted by atomic mass is 16.1. The summed E-state index contributed by atoms with van der Waals surface area (Å²) in [5.41, 5.74) is 3.47. The standard InChI is InChI=1S/C29H31N5O2/c1-20-25-16-17-26(35)34(27(25)33-29(32-20)31-19-22-10-6-3-7-11-22)24-14-12-23(13-15-24)28(36)30-18-21-8-4-2-5-9-21/h3,6-7,10-17,21H,2,4-5,8-9,18-19H2,1H3,(H,30,36)(H,31,32,33). The van der Waals surface area contributed by atoms with Crippen LogP contribution in [0.25, 0.3) is 16.7 Å². The van der Waals surface area contributed by atoms with E-state index in [0.717, 1.165) is 23.2 Å². The van der Waals surface area contributed by atoms with Crippen LogP contribution in [0.1, 0.15) is 53.7 Å². The number of aromatic nitrogens is 3. The normalized spacial score (nSPS) is 14.0. The average Bonchev–Trinajstić information content (AvgIpc) is 2.92. The molecule has 1 saturated carbocycles. The number of hydrogen-bond donors (Lipinski definition) is 2. The molecule has 7 heteroatoms. The number of nitrogens with one attached hydrogen (secondary N) is 2. The number of aryl methyl sites for hydroxylation is 1. The van der Waals surface area contributed by atoms with Crippen molar-refractivity contribution in [2.75, 3.05) is 11.9 Å². The first-order valence-electron chi connectivity index (χ1n) is 12.7. The Balaban J connectivity index is 1.39. The zero-order valence-electron chi connectivity index (χ0n) is 20.5. The Morgan fingerprint density at radius 1 is 0.944 bits per heavy atom. The van der Waals surface area contributed by atoms with Crippen LogP contribution in [0.2, 0.25) is 0 Å². The lowest BCUT2D eigenvalue weighted by atomic mass is 9.89. The quantitative estimate of drug-likeness (QED) is 0.387. The first-order valence-corrected chi connectivity index (χ1v) is 12.7. The van der Waals surface area contributed by atoms with Crippen LogP contribution in [-0.4, -0.2) is 27.0 Å². The second-order valence-electron chi connectivity index (χ2n) is 9.48. The number of fused-ring (bicyclic) bond motifs is 1.